The van der Waals surface area contributed by atoms with Crippen LogP contribution in [0.15, 0.2) is 22.6 Å². The highest BCUT2D eigenvalue weighted by Gasteiger charge is 2.13. The molecule has 1 N–H and O–H groups in total. The second-order valence-corrected chi connectivity index (χ2v) is 4.13. The van der Waals surface area contributed by atoms with E-state index in [2.05, 4.69) is 4.98 Å². The molecule has 0 amide bonds. The number of carboxylic acids is 1. The lowest BCUT2D eigenvalue weighted by Crippen LogP contribution is -2.07. The Labute approximate surface area is 97.1 Å². The van der Waals surface area contributed by atoms with E-state index in [1.807, 2.05) is 6.92 Å². The van der Waals surface area contributed by atoms with Crippen LogP contribution in [-0.4, -0.2) is 16.1 Å². The number of halogens is 1. The molecule has 0 aliphatic heterocycles. The van der Waals surface area contributed by atoms with Gasteiger partial charge in [-0.15, -0.1) is 0 Å². The monoisotopic (exact) mass is 237 g/mol. The zero-order valence-corrected chi connectivity index (χ0v) is 9.31. The van der Waals surface area contributed by atoms with Crippen LogP contribution in [0.4, 0.5) is 4.39 Å². The maximum atomic E-state index is 12.9. The molecule has 1 heterocycles. The molecule has 0 spiro atoms. The van der Waals surface area contributed by atoms with Crippen LogP contribution in [0, 0.1) is 11.7 Å². The molecule has 1 unspecified atom stereocenters. The van der Waals surface area contributed by atoms with Crippen molar-refractivity contribution >= 4 is 17.1 Å². The van der Waals surface area contributed by atoms with Gasteiger partial charge in [-0.25, -0.2) is 9.37 Å². The lowest BCUT2D eigenvalue weighted by molar-refractivity contribution is -0.137. The number of fused-ring (bicyclic) bond motifs is 1. The van der Waals surface area contributed by atoms with Gasteiger partial charge in [-0.1, -0.05) is 6.92 Å². The number of oxazole rings is 1. The van der Waals surface area contributed by atoms with Gasteiger partial charge in [-0.3, -0.25) is 4.79 Å². The van der Waals surface area contributed by atoms with E-state index in [-0.39, 0.29) is 18.2 Å². The number of rotatable bonds is 4. The van der Waals surface area contributed by atoms with Crippen molar-refractivity contribution in [3.63, 3.8) is 0 Å². The molecular formula is C12H12FNO3. The molecule has 0 aliphatic rings. The standard InChI is InChI=1S/C12H12FNO3/c1-7(5-12(15)16)4-11-14-9-3-2-8(13)6-10(9)17-11/h2-3,6-7H,4-5H2,1H3,(H,15,16). The van der Waals surface area contributed by atoms with Crippen LogP contribution in [0.25, 0.3) is 11.1 Å². The van der Waals surface area contributed by atoms with E-state index in [9.17, 15) is 9.18 Å². The van der Waals surface area contributed by atoms with Gasteiger partial charge in [0.15, 0.2) is 11.5 Å². The van der Waals surface area contributed by atoms with E-state index < -0.39 is 5.97 Å². The van der Waals surface area contributed by atoms with Gasteiger partial charge in [-0.05, 0) is 18.1 Å². The molecule has 1 aromatic carbocycles. The second-order valence-electron chi connectivity index (χ2n) is 4.13. The average molecular weight is 237 g/mol. The van der Waals surface area contributed by atoms with E-state index in [1.54, 1.807) is 6.07 Å². The number of nitrogens with zero attached hydrogens (tertiary/aromatic N) is 1. The Kier molecular flexibility index (Phi) is 3.08. The minimum absolute atomic E-state index is 0.0626. The maximum absolute atomic E-state index is 12.9. The van der Waals surface area contributed by atoms with Crippen LogP contribution in [0.1, 0.15) is 19.2 Å². The Morgan fingerprint density at radius 3 is 3.06 bits per heavy atom. The number of aromatic nitrogens is 1. The van der Waals surface area contributed by atoms with Gasteiger partial charge in [0.1, 0.15) is 11.3 Å². The molecule has 2 aromatic rings. The molecule has 1 atom stereocenters. The summed E-state index contributed by atoms with van der Waals surface area (Å²) in [7, 11) is 0. The molecular weight excluding hydrogens is 225 g/mol. The summed E-state index contributed by atoms with van der Waals surface area (Å²) >= 11 is 0. The smallest absolute Gasteiger partial charge is 0.303 e. The average Bonchev–Trinajstić information content (AvgIpc) is 2.57. The Morgan fingerprint density at radius 2 is 2.35 bits per heavy atom. The Balaban J connectivity index is 2.16. The zero-order valence-electron chi connectivity index (χ0n) is 9.31. The SMILES string of the molecule is CC(CC(=O)O)Cc1nc2ccc(F)cc2o1. The van der Waals surface area contributed by atoms with Crippen molar-refractivity contribution in [2.24, 2.45) is 5.92 Å². The topological polar surface area (TPSA) is 63.3 Å². The van der Waals surface area contributed by atoms with E-state index >= 15 is 0 Å². The molecule has 0 bridgehead atoms. The van der Waals surface area contributed by atoms with Gasteiger partial charge in [0.2, 0.25) is 0 Å². The number of hydrogen-bond donors (Lipinski definition) is 1. The van der Waals surface area contributed by atoms with E-state index in [1.165, 1.54) is 12.1 Å². The lowest BCUT2D eigenvalue weighted by atomic mass is 10.0. The fraction of sp³-hybridized carbons (Fsp3) is 0.333. The van der Waals surface area contributed by atoms with Gasteiger partial charge in [-0.2, -0.15) is 0 Å². The summed E-state index contributed by atoms with van der Waals surface area (Å²) < 4.78 is 18.3. The number of benzene rings is 1. The predicted molar refractivity (Wildman–Crippen MR) is 59.1 cm³/mol. The molecule has 2 rings (SSSR count). The fourth-order valence-corrected chi connectivity index (χ4v) is 1.70. The first-order valence-electron chi connectivity index (χ1n) is 5.31. The first-order valence-corrected chi connectivity index (χ1v) is 5.31. The van der Waals surface area contributed by atoms with Gasteiger partial charge in [0, 0.05) is 18.9 Å². The van der Waals surface area contributed by atoms with Crippen LogP contribution in [-0.2, 0) is 11.2 Å². The van der Waals surface area contributed by atoms with Crippen LogP contribution >= 0.6 is 0 Å². The highest BCUT2D eigenvalue weighted by molar-refractivity contribution is 5.72. The third kappa shape index (κ3) is 2.81. The first-order chi connectivity index (χ1) is 8.04. The summed E-state index contributed by atoms with van der Waals surface area (Å²) in [5, 5.41) is 8.64. The summed E-state index contributed by atoms with van der Waals surface area (Å²) in [6.45, 7) is 1.81. The van der Waals surface area contributed by atoms with Crippen molar-refractivity contribution < 1.29 is 18.7 Å². The van der Waals surface area contributed by atoms with E-state index in [4.69, 9.17) is 9.52 Å². The summed E-state index contributed by atoms with van der Waals surface area (Å²) in [6.07, 6.45) is 0.496. The van der Waals surface area contributed by atoms with Gasteiger partial charge < -0.3 is 9.52 Å². The molecule has 0 saturated carbocycles. The Bertz CT molecular complexity index is 550. The Hall–Kier alpha value is -1.91. The number of aliphatic carboxylic acids is 1. The summed E-state index contributed by atoms with van der Waals surface area (Å²) in [5.74, 6) is -0.844. The van der Waals surface area contributed by atoms with Crippen molar-refractivity contribution in [3.8, 4) is 0 Å². The van der Waals surface area contributed by atoms with Crippen molar-refractivity contribution in [1.29, 1.82) is 0 Å². The maximum Gasteiger partial charge on any atom is 0.303 e. The van der Waals surface area contributed by atoms with Crippen molar-refractivity contribution in [2.45, 2.75) is 19.8 Å². The van der Waals surface area contributed by atoms with Crippen LogP contribution < -0.4 is 0 Å². The third-order valence-corrected chi connectivity index (χ3v) is 2.44. The molecule has 0 fully saturated rings. The Morgan fingerprint density at radius 1 is 1.59 bits per heavy atom. The predicted octanol–water partition coefficient (Wildman–Crippen LogP) is 2.62. The number of hydrogen-bond acceptors (Lipinski definition) is 3. The normalized spacial score (nSPS) is 12.8. The third-order valence-electron chi connectivity index (χ3n) is 2.44. The molecule has 1 aromatic heterocycles. The fourth-order valence-electron chi connectivity index (χ4n) is 1.70. The molecule has 0 aliphatic carbocycles. The highest BCUT2D eigenvalue weighted by Crippen LogP contribution is 2.19. The quantitative estimate of drug-likeness (QED) is 0.887. The molecule has 4 nitrogen and oxygen atoms in total. The van der Waals surface area contributed by atoms with Gasteiger partial charge in [0.25, 0.3) is 0 Å². The minimum Gasteiger partial charge on any atom is -0.481 e. The largest absolute Gasteiger partial charge is 0.481 e. The van der Waals surface area contributed by atoms with Crippen LogP contribution in [0.3, 0.4) is 0 Å². The molecule has 90 valence electrons. The van der Waals surface area contributed by atoms with Crippen molar-refractivity contribution in [3.05, 3.63) is 29.9 Å². The first kappa shape index (κ1) is 11.6. The molecule has 5 heteroatoms. The minimum atomic E-state index is -0.848. The summed E-state index contributed by atoms with van der Waals surface area (Å²) in [6, 6.07) is 4.13. The second kappa shape index (κ2) is 4.53. The number of carboxylic acid groups (broad SMARTS) is 1. The number of carbonyl (C=O) groups is 1. The van der Waals surface area contributed by atoms with E-state index in [0.717, 1.165) is 0 Å². The molecule has 0 saturated heterocycles. The summed E-state index contributed by atoms with van der Waals surface area (Å²) in [5.41, 5.74) is 0.978. The van der Waals surface area contributed by atoms with Gasteiger partial charge >= 0.3 is 5.97 Å². The molecule has 17 heavy (non-hydrogen) atoms. The lowest BCUT2D eigenvalue weighted by Gasteiger charge is -2.03. The van der Waals surface area contributed by atoms with Gasteiger partial charge in [0.05, 0.1) is 0 Å². The van der Waals surface area contributed by atoms with Crippen LogP contribution in [0.2, 0.25) is 0 Å². The van der Waals surface area contributed by atoms with Crippen molar-refractivity contribution in [1.82, 2.24) is 4.98 Å². The summed E-state index contributed by atoms with van der Waals surface area (Å²) in [4.78, 5) is 14.7. The molecule has 0 radical (unpaired) electrons. The van der Waals surface area contributed by atoms with Crippen molar-refractivity contribution in [2.75, 3.05) is 0 Å². The van der Waals surface area contributed by atoms with E-state index in [0.29, 0.717) is 23.4 Å². The highest BCUT2D eigenvalue weighted by atomic mass is 19.1. The van der Waals surface area contributed by atoms with Crippen LogP contribution in [0.5, 0.6) is 0 Å². The zero-order chi connectivity index (χ0) is 12.4.